The van der Waals surface area contributed by atoms with Crippen LogP contribution in [0.15, 0.2) is 30.5 Å². The number of aliphatic carboxylic acids is 1. The first-order valence-corrected chi connectivity index (χ1v) is 5.74. The van der Waals surface area contributed by atoms with Crippen LogP contribution in [0.3, 0.4) is 0 Å². The summed E-state index contributed by atoms with van der Waals surface area (Å²) in [4.78, 5) is 22.0. The summed E-state index contributed by atoms with van der Waals surface area (Å²) in [6, 6.07) is 5.53. The van der Waals surface area contributed by atoms with Gasteiger partial charge >= 0.3 is 5.97 Å². The fraction of sp³-hybridized carbons (Fsp3) is 0.167. The summed E-state index contributed by atoms with van der Waals surface area (Å²) in [5.74, 6) is -1.89. The van der Waals surface area contributed by atoms with Crippen molar-refractivity contribution in [2.45, 2.75) is 6.42 Å². The van der Waals surface area contributed by atoms with E-state index in [0.717, 1.165) is 0 Å². The third-order valence-corrected chi connectivity index (χ3v) is 2.44. The number of hydrogen-bond donors (Lipinski definition) is 2. The largest absolute Gasteiger partial charge is 0.481 e. The van der Waals surface area contributed by atoms with E-state index >= 15 is 0 Å². The zero-order chi connectivity index (χ0) is 14.5. The van der Waals surface area contributed by atoms with Crippen LogP contribution in [0.2, 0.25) is 0 Å². The Kier molecular flexibility index (Phi) is 4.04. The second-order valence-electron chi connectivity index (χ2n) is 3.92. The maximum absolute atomic E-state index is 12.8. The molecule has 0 spiro atoms. The third-order valence-electron chi connectivity index (χ3n) is 2.44. The molecule has 1 aromatic heterocycles. The summed E-state index contributed by atoms with van der Waals surface area (Å²) >= 11 is 0. The maximum atomic E-state index is 12.8. The number of halogens is 1. The van der Waals surface area contributed by atoms with Crippen molar-refractivity contribution >= 4 is 11.9 Å². The van der Waals surface area contributed by atoms with Crippen molar-refractivity contribution in [1.29, 1.82) is 0 Å². The minimum Gasteiger partial charge on any atom is -0.481 e. The fourth-order valence-electron chi connectivity index (χ4n) is 1.46. The van der Waals surface area contributed by atoms with E-state index in [1.54, 1.807) is 0 Å². The van der Waals surface area contributed by atoms with Gasteiger partial charge in [-0.15, -0.1) is 5.10 Å². The number of carbonyl (C=O) groups is 2. The molecule has 0 aliphatic heterocycles. The Balaban J connectivity index is 2.03. The number of nitrogens with one attached hydrogen (secondary N) is 1. The first-order valence-electron chi connectivity index (χ1n) is 5.74. The smallest absolute Gasteiger partial charge is 0.305 e. The van der Waals surface area contributed by atoms with Crippen molar-refractivity contribution in [1.82, 2.24) is 20.3 Å². The first kappa shape index (κ1) is 13.7. The lowest BCUT2D eigenvalue weighted by atomic mass is 10.3. The van der Waals surface area contributed by atoms with E-state index < -0.39 is 11.9 Å². The predicted molar refractivity (Wildman–Crippen MR) is 65.9 cm³/mol. The van der Waals surface area contributed by atoms with Gasteiger partial charge in [-0.2, -0.15) is 0 Å². The molecule has 20 heavy (non-hydrogen) atoms. The monoisotopic (exact) mass is 278 g/mol. The lowest BCUT2D eigenvalue weighted by molar-refractivity contribution is -0.136. The van der Waals surface area contributed by atoms with Crippen LogP contribution < -0.4 is 5.32 Å². The molecule has 7 nitrogen and oxygen atoms in total. The van der Waals surface area contributed by atoms with Gasteiger partial charge in [0.2, 0.25) is 0 Å². The van der Waals surface area contributed by atoms with E-state index in [1.165, 1.54) is 35.1 Å². The van der Waals surface area contributed by atoms with Gasteiger partial charge < -0.3 is 10.4 Å². The average molecular weight is 278 g/mol. The number of rotatable bonds is 5. The SMILES string of the molecule is O=C(O)CCNC(=O)c1cn(-c2ccc(F)cc2)nn1. The van der Waals surface area contributed by atoms with Crippen LogP contribution in [0, 0.1) is 5.82 Å². The second-order valence-corrected chi connectivity index (χ2v) is 3.92. The number of hydrogen-bond acceptors (Lipinski definition) is 4. The van der Waals surface area contributed by atoms with Crippen LogP contribution in [-0.4, -0.2) is 38.5 Å². The maximum Gasteiger partial charge on any atom is 0.305 e. The van der Waals surface area contributed by atoms with Gasteiger partial charge in [-0.3, -0.25) is 9.59 Å². The molecule has 0 atom stereocenters. The topological polar surface area (TPSA) is 97.1 Å². The molecule has 0 radical (unpaired) electrons. The van der Waals surface area contributed by atoms with Crippen LogP contribution in [0.1, 0.15) is 16.9 Å². The highest BCUT2D eigenvalue weighted by Gasteiger charge is 2.11. The third kappa shape index (κ3) is 3.37. The van der Waals surface area contributed by atoms with E-state index in [2.05, 4.69) is 15.6 Å². The molecule has 2 aromatic rings. The number of aromatic nitrogens is 3. The summed E-state index contributed by atoms with van der Waals surface area (Å²) in [6.45, 7) is 0.0115. The van der Waals surface area contributed by atoms with Gasteiger partial charge in [0.15, 0.2) is 5.69 Å². The highest BCUT2D eigenvalue weighted by atomic mass is 19.1. The van der Waals surface area contributed by atoms with E-state index in [0.29, 0.717) is 5.69 Å². The standard InChI is InChI=1S/C12H11FN4O3/c13-8-1-3-9(4-2-8)17-7-10(15-16-17)12(20)14-6-5-11(18)19/h1-4,7H,5-6H2,(H,14,20)(H,18,19). The molecule has 8 heteroatoms. The number of nitrogens with zero attached hydrogens (tertiary/aromatic N) is 3. The van der Waals surface area contributed by atoms with E-state index in [4.69, 9.17) is 5.11 Å². The van der Waals surface area contributed by atoms with Gasteiger partial charge in [-0.25, -0.2) is 9.07 Å². The molecule has 2 N–H and O–H groups in total. The zero-order valence-electron chi connectivity index (χ0n) is 10.3. The predicted octanol–water partition coefficient (Wildman–Crippen LogP) is 0.611. The Morgan fingerprint density at radius 1 is 1.30 bits per heavy atom. The molecule has 1 heterocycles. The molecular formula is C12H11FN4O3. The summed E-state index contributed by atoms with van der Waals surface area (Å²) in [7, 11) is 0. The molecule has 1 amide bonds. The highest BCUT2D eigenvalue weighted by Crippen LogP contribution is 2.08. The molecular weight excluding hydrogens is 267 g/mol. The summed E-state index contributed by atoms with van der Waals surface area (Å²) < 4.78 is 14.1. The average Bonchev–Trinajstić information content (AvgIpc) is 2.88. The molecule has 0 saturated heterocycles. The molecule has 104 valence electrons. The molecule has 0 aliphatic carbocycles. The van der Waals surface area contributed by atoms with Gasteiger partial charge in [0, 0.05) is 6.54 Å². The van der Waals surface area contributed by atoms with Crippen LogP contribution in [0.5, 0.6) is 0 Å². The molecule has 1 aromatic carbocycles. The minimum atomic E-state index is -1.000. The van der Waals surface area contributed by atoms with Crippen LogP contribution in [-0.2, 0) is 4.79 Å². The Bertz CT molecular complexity index is 624. The lowest BCUT2D eigenvalue weighted by Gasteiger charge is -1.99. The van der Waals surface area contributed by atoms with Crippen molar-refractivity contribution in [3.8, 4) is 5.69 Å². The fourth-order valence-corrected chi connectivity index (χ4v) is 1.46. The molecule has 2 rings (SSSR count). The van der Waals surface area contributed by atoms with Crippen molar-refractivity contribution < 1.29 is 19.1 Å². The van der Waals surface area contributed by atoms with Crippen LogP contribution >= 0.6 is 0 Å². The Morgan fingerprint density at radius 2 is 2.00 bits per heavy atom. The van der Waals surface area contributed by atoms with Crippen molar-refractivity contribution in [3.05, 3.63) is 42.0 Å². The van der Waals surface area contributed by atoms with E-state index in [9.17, 15) is 14.0 Å². The first-order chi connectivity index (χ1) is 9.56. The van der Waals surface area contributed by atoms with Crippen LogP contribution in [0.4, 0.5) is 4.39 Å². The highest BCUT2D eigenvalue weighted by molar-refractivity contribution is 5.92. The van der Waals surface area contributed by atoms with Crippen molar-refractivity contribution in [2.75, 3.05) is 6.54 Å². The molecule has 0 bridgehead atoms. The number of amides is 1. The summed E-state index contributed by atoms with van der Waals surface area (Å²) in [5, 5.41) is 18.3. The quantitative estimate of drug-likeness (QED) is 0.835. The van der Waals surface area contributed by atoms with Gasteiger partial charge in [0.1, 0.15) is 5.82 Å². The van der Waals surface area contributed by atoms with Gasteiger partial charge in [0.25, 0.3) is 5.91 Å². The van der Waals surface area contributed by atoms with Gasteiger partial charge in [-0.1, -0.05) is 5.21 Å². The number of benzene rings is 1. The Morgan fingerprint density at radius 3 is 2.65 bits per heavy atom. The number of carboxylic acid groups (broad SMARTS) is 1. The molecule has 0 aliphatic rings. The minimum absolute atomic E-state index is 0.0115. The Labute approximate surface area is 113 Å². The number of carbonyl (C=O) groups excluding carboxylic acids is 1. The summed E-state index contributed by atoms with van der Waals surface area (Å²) in [5.41, 5.74) is 0.614. The van der Waals surface area contributed by atoms with Gasteiger partial charge in [0.05, 0.1) is 18.3 Å². The van der Waals surface area contributed by atoms with E-state index in [-0.39, 0.29) is 24.5 Å². The normalized spacial score (nSPS) is 10.2. The van der Waals surface area contributed by atoms with Crippen LogP contribution in [0.25, 0.3) is 5.69 Å². The lowest BCUT2D eigenvalue weighted by Crippen LogP contribution is -2.26. The Hall–Kier alpha value is -2.77. The molecule has 0 fully saturated rings. The van der Waals surface area contributed by atoms with E-state index in [1.807, 2.05) is 0 Å². The van der Waals surface area contributed by atoms with Crippen molar-refractivity contribution in [3.63, 3.8) is 0 Å². The molecule has 0 saturated carbocycles. The number of carboxylic acids is 1. The zero-order valence-corrected chi connectivity index (χ0v) is 10.3. The van der Waals surface area contributed by atoms with Gasteiger partial charge in [-0.05, 0) is 24.3 Å². The summed E-state index contributed by atoms with van der Waals surface area (Å²) in [6.07, 6.45) is 1.21. The molecule has 0 unspecified atom stereocenters. The van der Waals surface area contributed by atoms with Crippen molar-refractivity contribution in [2.24, 2.45) is 0 Å². The second kappa shape index (κ2) is 5.91.